The van der Waals surface area contributed by atoms with Crippen LogP contribution in [0, 0.1) is 0 Å². The summed E-state index contributed by atoms with van der Waals surface area (Å²) in [5.41, 5.74) is 2.85. The summed E-state index contributed by atoms with van der Waals surface area (Å²) >= 11 is 1.67. The fraction of sp³-hybridized carbons (Fsp3) is 0.364. The Labute approximate surface area is 164 Å². The van der Waals surface area contributed by atoms with E-state index in [1.54, 1.807) is 11.3 Å². The lowest BCUT2D eigenvalue weighted by molar-refractivity contribution is 0.230. The molecule has 3 aromatic rings. The highest BCUT2D eigenvalue weighted by molar-refractivity contribution is 7.13. The molecule has 4 nitrogen and oxygen atoms in total. The predicted molar refractivity (Wildman–Crippen MR) is 111 cm³/mol. The van der Waals surface area contributed by atoms with Crippen LogP contribution < -0.4 is 4.74 Å². The second kappa shape index (κ2) is 8.63. The first-order chi connectivity index (χ1) is 13.3. The summed E-state index contributed by atoms with van der Waals surface area (Å²) in [6.45, 7) is 5.45. The molecular weight excluding hydrogens is 354 g/mol. The average molecular weight is 380 g/mol. The van der Waals surface area contributed by atoms with Gasteiger partial charge >= 0.3 is 0 Å². The first kappa shape index (κ1) is 18.1. The van der Waals surface area contributed by atoms with Gasteiger partial charge in [-0.3, -0.25) is 0 Å². The molecule has 0 aliphatic carbocycles. The van der Waals surface area contributed by atoms with Crippen molar-refractivity contribution in [3.8, 4) is 27.6 Å². The lowest BCUT2D eigenvalue weighted by Gasteiger charge is -2.20. The minimum absolute atomic E-state index is 0.733. The summed E-state index contributed by atoms with van der Waals surface area (Å²) in [6.07, 6.45) is 3.74. The molecule has 140 valence electrons. The van der Waals surface area contributed by atoms with Crippen LogP contribution in [0.4, 0.5) is 0 Å². The number of ether oxygens (including phenoxy) is 1. The summed E-state index contributed by atoms with van der Waals surface area (Å²) in [6, 6.07) is 17.0. The zero-order valence-electron chi connectivity index (χ0n) is 15.7. The molecule has 0 radical (unpaired) electrons. The molecule has 0 amide bonds. The molecule has 1 aliphatic rings. The first-order valence-corrected chi connectivity index (χ1v) is 10.5. The number of thiophene rings is 1. The van der Waals surface area contributed by atoms with Crippen LogP contribution in [0.2, 0.25) is 0 Å². The van der Waals surface area contributed by atoms with Gasteiger partial charge in [-0.1, -0.05) is 6.07 Å². The first-order valence-electron chi connectivity index (χ1n) is 9.64. The van der Waals surface area contributed by atoms with Crippen LogP contribution in [-0.2, 0) is 0 Å². The summed E-state index contributed by atoms with van der Waals surface area (Å²) in [7, 11) is 0. The van der Waals surface area contributed by atoms with Crippen LogP contribution in [0.5, 0.6) is 5.75 Å². The van der Waals surface area contributed by atoms with Crippen molar-refractivity contribution in [2.45, 2.75) is 32.2 Å². The number of benzene rings is 1. The molecule has 4 rings (SSSR count). The van der Waals surface area contributed by atoms with E-state index < -0.39 is 0 Å². The molecule has 5 heteroatoms. The number of aromatic nitrogens is 2. The van der Waals surface area contributed by atoms with Crippen molar-refractivity contribution in [3.05, 3.63) is 53.9 Å². The monoisotopic (exact) mass is 379 g/mol. The number of hydrogen-bond acceptors (Lipinski definition) is 5. The van der Waals surface area contributed by atoms with Gasteiger partial charge in [-0.15, -0.1) is 21.5 Å². The maximum absolute atomic E-state index is 5.90. The van der Waals surface area contributed by atoms with Crippen molar-refractivity contribution >= 4 is 11.3 Å². The van der Waals surface area contributed by atoms with Gasteiger partial charge in [-0.25, -0.2) is 0 Å². The largest absolute Gasteiger partial charge is 0.494 e. The van der Waals surface area contributed by atoms with E-state index >= 15 is 0 Å². The Kier molecular flexibility index (Phi) is 5.80. The summed E-state index contributed by atoms with van der Waals surface area (Å²) in [4.78, 5) is 3.70. The highest BCUT2D eigenvalue weighted by atomic mass is 32.1. The summed E-state index contributed by atoms with van der Waals surface area (Å²) < 4.78 is 5.90. The average Bonchev–Trinajstić information content (AvgIpc) is 3.38. The Bertz CT molecular complexity index is 831. The van der Waals surface area contributed by atoms with Crippen LogP contribution in [0.3, 0.4) is 0 Å². The number of hydrogen-bond donors (Lipinski definition) is 0. The Morgan fingerprint density at radius 3 is 2.56 bits per heavy atom. The molecule has 0 bridgehead atoms. The second-order valence-corrected chi connectivity index (χ2v) is 7.98. The van der Waals surface area contributed by atoms with E-state index in [0.717, 1.165) is 53.2 Å². The molecule has 1 atom stereocenters. The van der Waals surface area contributed by atoms with Gasteiger partial charge in [-0.2, -0.15) is 0 Å². The third-order valence-corrected chi connectivity index (χ3v) is 6.03. The highest BCUT2D eigenvalue weighted by Gasteiger charge is 2.19. The molecule has 27 heavy (non-hydrogen) atoms. The number of likely N-dealkylation sites (tertiary alicyclic amines) is 1. The van der Waals surface area contributed by atoms with E-state index in [2.05, 4.69) is 33.5 Å². The van der Waals surface area contributed by atoms with Crippen LogP contribution in [0.1, 0.15) is 26.2 Å². The Hall–Kier alpha value is -2.24. The Morgan fingerprint density at radius 2 is 1.89 bits per heavy atom. The van der Waals surface area contributed by atoms with Gasteiger partial charge in [0, 0.05) is 18.2 Å². The van der Waals surface area contributed by atoms with E-state index in [-0.39, 0.29) is 0 Å². The molecule has 2 aromatic heterocycles. The van der Waals surface area contributed by atoms with Crippen molar-refractivity contribution in [2.24, 2.45) is 0 Å². The summed E-state index contributed by atoms with van der Waals surface area (Å²) in [5, 5.41) is 10.8. The molecule has 1 fully saturated rings. The third kappa shape index (κ3) is 4.54. The maximum atomic E-state index is 5.90. The Balaban J connectivity index is 1.29. The lowest BCUT2D eigenvalue weighted by Crippen LogP contribution is -2.28. The van der Waals surface area contributed by atoms with E-state index in [4.69, 9.17) is 4.74 Å². The molecule has 1 aliphatic heterocycles. The molecular formula is C22H25N3OS. The van der Waals surface area contributed by atoms with Crippen LogP contribution >= 0.6 is 11.3 Å². The van der Waals surface area contributed by atoms with Gasteiger partial charge < -0.3 is 9.64 Å². The van der Waals surface area contributed by atoms with Crippen molar-refractivity contribution in [1.29, 1.82) is 0 Å². The van der Waals surface area contributed by atoms with Gasteiger partial charge in [0.15, 0.2) is 0 Å². The van der Waals surface area contributed by atoms with E-state index in [1.807, 2.05) is 42.5 Å². The number of rotatable bonds is 7. The quantitative estimate of drug-likeness (QED) is 0.534. The third-order valence-electron chi connectivity index (χ3n) is 5.14. The zero-order chi connectivity index (χ0) is 18.5. The fourth-order valence-corrected chi connectivity index (χ4v) is 4.24. The van der Waals surface area contributed by atoms with E-state index in [9.17, 15) is 0 Å². The fourth-order valence-electron chi connectivity index (χ4n) is 3.55. The highest BCUT2D eigenvalue weighted by Crippen LogP contribution is 2.25. The predicted octanol–water partition coefficient (Wildman–Crippen LogP) is 5.13. The SMILES string of the molecule is C[C@@H]1CCCN1CCCOc1ccc(-c2ccc(-c3cccs3)nn2)cc1. The van der Waals surface area contributed by atoms with Gasteiger partial charge in [-0.05, 0) is 80.6 Å². The smallest absolute Gasteiger partial charge is 0.119 e. The normalized spacial score (nSPS) is 17.3. The van der Waals surface area contributed by atoms with Gasteiger partial charge in [0.1, 0.15) is 11.4 Å². The minimum Gasteiger partial charge on any atom is -0.494 e. The Morgan fingerprint density at radius 1 is 1.07 bits per heavy atom. The molecule has 1 saturated heterocycles. The topological polar surface area (TPSA) is 38.2 Å². The van der Waals surface area contributed by atoms with E-state index in [1.165, 1.54) is 19.4 Å². The van der Waals surface area contributed by atoms with E-state index in [0.29, 0.717) is 0 Å². The molecule has 0 saturated carbocycles. The minimum atomic E-state index is 0.733. The molecule has 3 heterocycles. The molecule has 0 N–H and O–H groups in total. The number of nitrogens with zero attached hydrogens (tertiary/aromatic N) is 3. The molecule has 0 spiro atoms. The van der Waals surface area contributed by atoms with Crippen molar-refractivity contribution in [1.82, 2.24) is 15.1 Å². The lowest BCUT2D eigenvalue weighted by atomic mass is 10.1. The zero-order valence-corrected chi connectivity index (χ0v) is 16.5. The van der Waals surface area contributed by atoms with Crippen LogP contribution in [0.15, 0.2) is 53.9 Å². The van der Waals surface area contributed by atoms with Crippen molar-refractivity contribution < 1.29 is 4.74 Å². The van der Waals surface area contributed by atoms with Crippen LogP contribution in [-0.4, -0.2) is 40.8 Å². The summed E-state index contributed by atoms with van der Waals surface area (Å²) in [5.74, 6) is 0.913. The van der Waals surface area contributed by atoms with Crippen LogP contribution in [0.25, 0.3) is 21.8 Å². The standard InChI is InChI=1S/C22H25N3OS/c1-17-5-2-13-25(17)14-4-15-26-19-9-7-18(8-10-19)20-11-12-21(24-23-20)22-6-3-16-27-22/h3,6-12,16-17H,2,4-5,13-15H2,1H3/t17-/m1/s1. The van der Waals surface area contributed by atoms with Gasteiger partial charge in [0.05, 0.1) is 17.2 Å². The van der Waals surface area contributed by atoms with Crippen molar-refractivity contribution in [3.63, 3.8) is 0 Å². The maximum Gasteiger partial charge on any atom is 0.119 e. The van der Waals surface area contributed by atoms with Crippen molar-refractivity contribution in [2.75, 3.05) is 19.7 Å². The van der Waals surface area contributed by atoms with Gasteiger partial charge in [0.2, 0.25) is 0 Å². The second-order valence-electron chi connectivity index (χ2n) is 7.03. The molecule has 1 aromatic carbocycles. The molecule has 0 unspecified atom stereocenters. The van der Waals surface area contributed by atoms with Gasteiger partial charge in [0.25, 0.3) is 0 Å².